The molecular weight excluding hydrogens is 374 g/mol. The van der Waals surface area contributed by atoms with Crippen molar-refractivity contribution >= 4 is 33.9 Å². The summed E-state index contributed by atoms with van der Waals surface area (Å²) in [5.41, 5.74) is 0.898. The van der Waals surface area contributed by atoms with E-state index in [1.807, 2.05) is 30.0 Å². The van der Waals surface area contributed by atoms with Gasteiger partial charge in [0.15, 0.2) is 0 Å². The minimum atomic E-state index is -0.366. The van der Waals surface area contributed by atoms with Crippen LogP contribution >= 0.6 is 0 Å². The van der Waals surface area contributed by atoms with Gasteiger partial charge in [-0.3, -0.25) is 23.9 Å². The van der Waals surface area contributed by atoms with E-state index in [0.717, 1.165) is 5.39 Å². The quantitative estimate of drug-likeness (QED) is 0.670. The van der Waals surface area contributed by atoms with Crippen LogP contribution in [0, 0.1) is 0 Å². The van der Waals surface area contributed by atoms with E-state index in [0.29, 0.717) is 50.4 Å². The van der Waals surface area contributed by atoms with Crippen molar-refractivity contribution in [3.63, 3.8) is 0 Å². The number of hydrogen-bond acceptors (Lipinski definition) is 6. The summed E-state index contributed by atoms with van der Waals surface area (Å²) in [6, 6.07) is 7.33. The minimum absolute atomic E-state index is 0.0101. The smallest absolute Gasteiger partial charge is 0.297 e. The summed E-state index contributed by atoms with van der Waals surface area (Å²) >= 11 is 0. The van der Waals surface area contributed by atoms with Gasteiger partial charge in [0.25, 0.3) is 5.56 Å². The molecule has 1 saturated heterocycles. The Morgan fingerprint density at radius 1 is 1.14 bits per heavy atom. The molecule has 0 saturated carbocycles. The molecule has 1 aliphatic rings. The van der Waals surface area contributed by atoms with Crippen molar-refractivity contribution in [2.75, 3.05) is 39.3 Å². The summed E-state index contributed by atoms with van der Waals surface area (Å²) in [6.45, 7) is 5.03. The molecule has 2 aromatic heterocycles. The average Bonchev–Trinajstić information content (AvgIpc) is 3.10. The van der Waals surface area contributed by atoms with Crippen molar-refractivity contribution in [3.8, 4) is 0 Å². The number of hydrogen-bond donors (Lipinski definition) is 1. The second-order valence-electron chi connectivity index (χ2n) is 7.06. The number of likely N-dealkylation sites (N-methyl/N-ethyl adjacent to an activating group) is 1. The van der Waals surface area contributed by atoms with Crippen LogP contribution < -0.4 is 10.9 Å². The number of rotatable bonds is 5. The SMILES string of the molecule is CCNC(=O)CN1CCN(C(=O)Cn2cnc3c(oc4ccccc43)c2=O)CC1. The van der Waals surface area contributed by atoms with Crippen molar-refractivity contribution in [1.29, 1.82) is 0 Å². The lowest BCUT2D eigenvalue weighted by molar-refractivity contribution is -0.134. The standard InChI is InChI=1S/C20H23N5O4/c1-2-21-16(26)11-23-7-9-24(10-8-23)17(27)12-25-13-22-18-14-5-3-4-6-15(14)29-19(18)20(25)28/h3-6,13H,2,7-12H2,1H3,(H,21,26). The summed E-state index contributed by atoms with van der Waals surface area (Å²) in [5.74, 6) is -0.161. The first-order chi connectivity index (χ1) is 14.1. The summed E-state index contributed by atoms with van der Waals surface area (Å²) < 4.78 is 6.94. The first kappa shape index (κ1) is 19.1. The summed E-state index contributed by atoms with van der Waals surface area (Å²) in [5, 5.41) is 3.55. The monoisotopic (exact) mass is 397 g/mol. The Labute approximate surface area is 166 Å². The molecule has 0 aliphatic carbocycles. The number of nitrogens with one attached hydrogen (secondary N) is 1. The van der Waals surface area contributed by atoms with E-state index in [1.165, 1.54) is 10.9 Å². The number of piperazine rings is 1. The number of para-hydroxylation sites is 1. The fourth-order valence-electron chi connectivity index (χ4n) is 3.59. The molecular formula is C20H23N5O4. The van der Waals surface area contributed by atoms with Gasteiger partial charge in [0, 0.05) is 38.1 Å². The van der Waals surface area contributed by atoms with Gasteiger partial charge >= 0.3 is 0 Å². The highest BCUT2D eigenvalue weighted by atomic mass is 16.3. The number of aromatic nitrogens is 2. The maximum Gasteiger partial charge on any atom is 0.297 e. The molecule has 152 valence electrons. The van der Waals surface area contributed by atoms with Gasteiger partial charge in [-0.05, 0) is 19.1 Å². The van der Waals surface area contributed by atoms with Crippen molar-refractivity contribution in [2.24, 2.45) is 0 Å². The average molecular weight is 397 g/mol. The Morgan fingerprint density at radius 2 is 1.90 bits per heavy atom. The van der Waals surface area contributed by atoms with E-state index in [4.69, 9.17) is 4.42 Å². The largest absolute Gasteiger partial charge is 0.448 e. The summed E-state index contributed by atoms with van der Waals surface area (Å²) in [6.07, 6.45) is 1.40. The van der Waals surface area contributed by atoms with Crippen molar-refractivity contribution in [2.45, 2.75) is 13.5 Å². The van der Waals surface area contributed by atoms with Gasteiger partial charge in [-0.15, -0.1) is 0 Å². The van der Waals surface area contributed by atoms with Crippen molar-refractivity contribution < 1.29 is 14.0 Å². The van der Waals surface area contributed by atoms with Crippen molar-refractivity contribution in [3.05, 3.63) is 40.9 Å². The molecule has 3 aromatic rings. The Bertz CT molecular complexity index is 1110. The molecule has 9 nitrogen and oxygen atoms in total. The van der Waals surface area contributed by atoms with Crippen LogP contribution in [0.25, 0.3) is 22.1 Å². The maximum atomic E-state index is 12.8. The Hall–Kier alpha value is -3.20. The normalized spacial score (nSPS) is 15.1. The highest BCUT2D eigenvalue weighted by molar-refractivity contribution is 6.01. The van der Waals surface area contributed by atoms with Crippen molar-refractivity contribution in [1.82, 2.24) is 24.7 Å². The van der Waals surface area contributed by atoms with Gasteiger partial charge in [-0.2, -0.15) is 0 Å². The van der Waals surface area contributed by atoms with E-state index in [2.05, 4.69) is 10.3 Å². The van der Waals surface area contributed by atoms with Gasteiger partial charge in [-0.25, -0.2) is 4.98 Å². The molecule has 3 heterocycles. The topological polar surface area (TPSA) is 101 Å². The lowest BCUT2D eigenvalue weighted by Gasteiger charge is -2.34. The van der Waals surface area contributed by atoms with Gasteiger partial charge in [0.2, 0.25) is 17.4 Å². The Balaban J connectivity index is 1.43. The molecule has 1 fully saturated rings. The van der Waals surface area contributed by atoms with Gasteiger partial charge in [-0.1, -0.05) is 12.1 Å². The molecule has 2 amide bonds. The number of nitrogens with zero attached hydrogens (tertiary/aromatic N) is 4. The Kier molecular flexibility index (Phi) is 5.30. The van der Waals surface area contributed by atoms with Crippen LogP contribution in [0.4, 0.5) is 0 Å². The van der Waals surface area contributed by atoms with Gasteiger partial charge in [0.1, 0.15) is 17.6 Å². The number of amides is 2. The molecule has 1 N–H and O–H groups in total. The zero-order chi connectivity index (χ0) is 20.4. The molecule has 1 aromatic carbocycles. The molecule has 29 heavy (non-hydrogen) atoms. The highest BCUT2D eigenvalue weighted by Crippen LogP contribution is 2.24. The number of carbonyl (C=O) groups excluding carboxylic acids is 2. The predicted octanol–water partition coefficient (Wildman–Crippen LogP) is 0.423. The molecule has 4 rings (SSSR count). The van der Waals surface area contributed by atoms with Gasteiger partial charge in [0.05, 0.1) is 12.9 Å². The van der Waals surface area contributed by atoms with E-state index < -0.39 is 0 Å². The number of fused-ring (bicyclic) bond motifs is 3. The third-order valence-corrected chi connectivity index (χ3v) is 5.12. The summed E-state index contributed by atoms with van der Waals surface area (Å²) in [4.78, 5) is 45.2. The molecule has 0 radical (unpaired) electrons. The predicted molar refractivity (Wildman–Crippen MR) is 107 cm³/mol. The number of furan rings is 1. The number of carbonyl (C=O) groups is 2. The molecule has 0 unspecified atom stereocenters. The molecule has 9 heteroatoms. The van der Waals surface area contributed by atoms with E-state index in [-0.39, 0.29) is 29.5 Å². The maximum absolute atomic E-state index is 12.8. The van der Waals surface area contributed by atoms with Crippen LogP contribution in [-0.4, -0.2) is 70.4 Å². The van der Waals surface area contributed by atoms with Crippen LogP contribution in [0.15, 0.2) is 39.8 Å². The lowest BCUT2D eigenvalue weighted by Crippen LogP contribution is -2.52. The van der Waals surface area contributed by atoms with Crippen LogP contribution in [0.5, 0.6) is 0 Å². The van der Waals surface area contributed by atoms with Crippen LogP contribution in [-0.2, 0) is 16.1 Å². The highest BCUT2D eigenvalue weighted by Gasteiger charge is 2.23. The Morgan fingerprint density at radius 3 is 2.66 bits per heavy atom. The fraction of sp³-hybridized carbons (Fsp3) is 0.400. The van der Waals surface area contributed by atoms with E-state index in [9.17, 15) is 14.4 Å². The van der Waals surface area contributed by atoms with Crippen LogP contribution in [0.1, 0.15) is 6.92 Å². The third-order valence-electron chi connectivity index (χ3n) is 5.12. The zero-order valence-electron chi connectivity index (χ0n) is 16.3. The van der Waals surface area contributed by atoms with Crippen LogP contribution in [0.3, 0.4) is 0 Å². The number of benzene rings is 1. The third kappa shape index (κ3) is 3.86. The first-order valence-corrected chi connectivity index (χ1v) is 9.70. The molecule has 0 bridgehead atoms. The van der Waals surface area contributed by atoms with Crippen LogP contribution in [0.2, 0.25) is 0 Å². The second-order valence-corrected chi connectivity index (χ2v) is 7.06. The van der Waals surface area contributed by atoms with E-state index >= 15 is 0 Å². The van der Waals surface area contributed by atoms with E-state index in [1.54, 1.807) is 11.0 Å². The first-order valence-electron chi connectivity index (χ1n) is 9.70. The minimum Gasteiger partial charge on any atom is -0.448 e. The fourth-order valence-corrected chi connectivity index (χ4v) is 3.59. The molecule has 0 spiro atoms. The van der Waals surface area contributed by atoms with Gasteiger partial charge < -0.3 is 14.6 Å². The molecule has 1 aliphatic heterocycles. The zero-order valence-corrected chi connectivity index (χ0v) is 16.3. The lowest BCUT2D eigenvalue weighted by atomic mass is 10.2. The summed E-state index contributed by atoms with van der Waals surface area (Å²) in [7, 11) is 0. The second kappa shape index (κ2) is 8.04. The molecule has 0 atom stereocenters.